The van der Waals surface area contributed by atoms with Crippen molar-refractivity contribution in [1.82, 2.24) is 9.88 Å². The highest BCUT2D eigenvalue weighted by molar-refractivity contribution is 8.00. The molecule has 4 aliphatic rings. The van der Waals surface area contributed by atoms with Gasteiger partial charge in [0.1, 0.15) is 0 Å². The van der Waals surface area contributed by atoms with Gasteiger partial charge in [-0.15, -0.1) is 11.8 Å². The van der Waals surface area contributed by atoms with Gasteiger partial charge in [-0.1, -0.05) is 52.8 Å². The first-order chi connectivity index (χ1) is 18.8. The summed E-state index contributed by atoms with van der Waals surface area (Å²) in [5, 5.41) is 4.52. The summed E-state index contributed by atoms with van der Waals surface area (Å²) in [7, 11) is 0. The Balaban J connectivity index is 1.14. The Morgan fingerprint density at radius 2 is 1.72 bits per heavy atom. The molecule has 7 nitrogen and oxygen atoms in total. The molecule has 0 spiro atoms. The number of anilines is 1. The van der Waals surface area contributed by atoms with Crippen molar-refractivity contribution in [2.75, 3.05) is 11.9 Å². The number of H-pyrrole nitrogens is 1. The van der Waals surface area contributed by atoms with Crippen molar-refractivity contribution < 1.29 is 14.4 Å². The van der Waals surface area contributed by atoms with E-state index < -0.39 is 0 Å². The molecule has 3 fully saturated rings. The number of hydrogen-bond acceptors (Lipinski definition) is 6. The first-order valence-corrected chi connectivity index (χ1v) is 15.2. The number of thioether (sulfide) groups is 1. The molecule has 0 radical (unpaired) electrons. The van der Waals surface area contributed by atoms with E-state index in [-0.39, 0.29) is 76.3 Å². The molecule has 10 heteroatoms. The van der Waals surface area contributed by atoms with Gasteiger partial charge in [-0.25, -0.2) is 0 Å². The summed E-state index contributed by atoms with van der Waals surface area (Å²) in [5.74, 6) is -1.01. The maximum absolute atomic E-state index is 13.7. The molecular weight excluding hydrogens is 554 g/mol. The Labute approximate surface area is 238 Å². The van der Waals surface area contributed by atoms with Crippen LogP contribution in [-0.2, 0) is 14.4 Å². The number of fused-ring (bicyclic) bond motifs is 9. The van der Waals surface area contributed by atoms with E-state index in [9.17, 15) is 19.2 Å². The molecule has 1 saturated heterocycles. The van der Waals surface area contributed by atoms with Gasteiger partial charge in [0, 0.05) is 39.7 Å². The summed E-state index contributed by atoms with van der Waals surface area (Å²) in [6.07, 6.45) is 0.897. The number of carbonyl (C=O) groups excluding carboxylic acids is 3. The summed E-state index contributed by atoms with van der Waals surface area (Å²) in [6.45, 7) is 2.07. The molecule has 3 aromatic rings. The summed E-state index contributed by atoms with van der Waals surface area (Å²) in [6, 6.07) is 15.3. The number of carbonyl (C=O) groups is 3. The molecule has 2 aromatic carbocycles. The predicted molar refractivity (Wildman–Crippen MR) is 151 cm³/mol. The number of halogens is 1. The number of aromatic amines is 1. The largest absolute Gasteiger partial charge is 0.326 e. The quantitative estimate of drug-likeness (QED) is 0.419. The highest BCUT2D eigenvalue weighted by Crippen LogP contribution is 2.68. The van der Waals surface area contributed by atoms with Crippen LogP contribution in [0.4, 0.5) is 5.69 Å². The minimum absolute atomic E-state index is 0.0272. The monoisotopic (exact) mass is 579 g/mol. The highest BCUT2D eigenvalue weighted by Gasteiger charge is 2.69. The summed E-state index contributed by atoms with van der Waals surface area (Å²) < 4.78 is 0. The average Bonchev–Trinajstić information content (AvgIpc) is 3.64. The van der Waals surface area contributed by atoms with Crippen LogP contribution in [-0.4, -0.2) is 39.4 Å². The molecule has 3 heterocycles. The number of imide groups is 1. The van der Waals surface area contributed by atoms with E-state index >= 15 is 0 Å². The van der Waals surface area contributed by atoms with Crippen LogP contribution >= 0.6 is 34.7 Å². The van der Waals surface area contributed by atoms with Crippen molar-refractivity contribution >= 4 is 58.1 Å². The van der Waals surface area contributed by atoms with E-state index in [0.717, 1.165) is 27.5 Å². The summed E-state index contributed by atoms with van der Waals surface area (Å²) in [5.41, 5.74) is 2.87. The summed E-state index contributed by atoms with van der Waals surface area (Å²) >= 11 is 9.09. The highest BCUT2D eigenvalue weighted by atomic mass is 35.5. The van der Waals surface area contributed by atoms with Gasteiger partial charge >= 0.3 is 4.87 Å². The second kappa shape index (κ2) is 9.35. The van der Waals surface area contributed by atoms with Gasteiger partial charge < -0.3 is 10.3 Å². The van der Waals surface area contributed by atoms with E-state index in [2.05, 4.69) is 10.3 Å². The number of benzene rings is 2. The lowest BCUT2D eigenvalue weighted by molar-refractivity contribution is -0.141. The molecule has 7 unspecified atom stereocenters. The first kappa shape index (κ1) is 25.1. The minimum Gasteiger partial charge on any atom is -0.326 e. The normalized spacial score (nSPS) is 30.3. The smallest absolute Gasteiger partial charge is 0.305 e. The average molecular weight is 580 g/mol. The maximum Gasteiger partial charge on any atom is 0.305 e. The number of amides is 3. The van der Waals surface area contributed by atoms with Crippen molar-refractivity contribution in [3.05, 3.63) is 79.2 Å². The van der Waals surface area contributed by atoms with E-state index in [4.69, 9.17) is 11.6 Å². The zero-order chi connectivity index (χ0) is 27.0. The number of likely N-dealkylation sites (tertiary alicyclic amines) is 1. The topological polar surface area (TPSA) is 99.3 Å². The molecule has 39 heavy (non-hydrogen) atoms. The third kappa shape index (κ3) is 4.00. The molecule has 7 atom stereocenters. The zero-order valence-electron chi connectivity index (χ0n) is 21.1. The van der Waals surface area contributed by atoms with Crippen LogP contribution in [0.2, 0.25) is 5.02 Å². The van der Waals surface area contributed by atoms with Crippen LogP contribution < -0.4 is 10.2 Å². The van der Waals surface area contributed by atoms with Crippen molar-refractivity contribution in [3.63, 3.8) is 0 Å². The summed E-state index contributed by atoms with van der Waals surface area (Å²) in [4.78, 5) is 57.6. The van der Waals surface area contributed by atoms with Crippen LogP contribution in [0.3, 0.4) is 0 Å². The molecular formula is C29H26ClN3O4S2. The Hall–Kier alpha value is -2.88. The number of hydrogen-bond donors (Lipinski definition) is 2. The van der Waals surface area contributed by atoms with E-state index in [0.29, 0.717) is 10.7 Å². The van der Waals surface area contributed by atoms with Crippen LogP contribution in [0.1, 0.15) is 34.8 Å². The van der Waals surface area contributed by atoms with Gasteiger partial charge in [0.25, 0.3) is 0 Å². The number of rotatable bonds is 5. The van der Waals surface area contributed by atoms with Crippen molar-refractivity contribution in [1.29, 1.82) is 0 Å². The number of aromatic nitrogens is 1. The molecule has 2 N–H and O–H groups in total. The second-order valence-electron chi connectivity index (χ2n) is 11.0. The fourth-order valence-electron chi connectivity index (χ4n) is 7.42. The third-order valence-corrected chi connectivity index (χ3v) is 11.8. The fraction of sp³-hybridized carbons (Fsp3) is 0.379. The van der Waals surface area contributed by atoms with Crippen LogP contribution in [0.5, 0.6) is 0 Å². The lowest BCUT2D eigenvalue weighted by Crippen LogP contribution is -2.42. The fourth-order valence-corrected chi connectivity index (χ4v) is 10.4. The van der Waals surface area contributed by atoms with Crippen LogP contribution in [0.25, 0.3) is 0 Å². The lowest BCUT2D eigenvalue weighted by atomic mass is 9.68. The molecule has 1 aromatic heterocycles. The van der Waals surface area contributed by atoms with Crippen molar-refractivity contribution in [3.8, 4) is 0 Å². The predicted octanol–water partition coefficient (Wildman–Crippen LogP) is 4.90. The first-order valence-electron chi connectivity index (χ1n) is 13.2. The maximum atomic E-state index is 13.7. The van der Waals surface area contributed by atoms with Gasteiger partial charge in [-0.3, -0.25) is 24.1 Å². The molecule has 2 aliphatic carbocycles. The minimum atomic E-state index is -0.364. The molecule has 7 rings (SSSR count). The van der Waals surface area contributed by atoms with Crippen LogP contribution in [0, 0.1) is 36.5 Å². The molecule has 200 valence electrons. The molecule has 3 amide bonds. The second-order valence-corrected chi connectivity index (χ2v) is 13.6. The Morgan fingerprint density at radius 3 is 2.44 bits per heavy atom. The van der Waals surface area contributed by atoms with Gasteiger partial charge in [-0.05, 0) is 60.9 Å². The van der Waals surface area contributed by atoms with Crippen molar-refractivity contribution in [2.24, 2.45) is 29.6 Å². The molecule has 2 aliphatic heterocycles. The Morgan fingerprint density at radius 1 is 1.03 bits per heavy atom. The lowest BCUT2D eigenvalue weighted by Gasteiger charge is -2.43. The van der Waals surface area contributed by atoms with Gasteiger partial charge in [0.2, 0.25) is 17.7 Å². The number of thiazole rings is 1. The Kier molecular flexibility index (Phi) is 6.02. The SMILES string of the molecule is Cc1ccc(NC(=O)CCN2C(=O)C3C4CC(C3C2=O)C2C(c3ccc(Cl)cc3)c3sc(=O)[nH]c3SC42)cc1. The standard InChI is InChI=1S/C29H26ClN3O4S2/c1-13-2-8-16(9-3-13)31-19(34)10-11-33-27(35)22-17-12-18(23(22)28(33)36)24-21(17)20(14-4-6-15(30)7-5-14)25-26(38-24)32-29(37)39-25/h2-9,17-18,20-24H,10-12H2,1H3,(H,31,34)(H,32,37). The Bertz CT molecular complexity index is 1550. The zero-order valence-corrected chi connectivity index (χ0v) is 23.4. The van der Waals surface area contributed by atoms with E-state index in [1.54, 1.807) is 11.8 Å². The third-order valence-electron chi connectivity index (χ3n) is 8.94. The molecule has 2 saturated carbocycles. The van der Waals surface area contributed by atoms with Crippen molar-refractivity contribution in [2.45, 2.75) is 36.0 Å². The van der Waals surface area contributed by atoms with Crippen LogP contribution in [0.15, 0.2) is 58.4 Å². The van der Waals surface area contributed by atoms with E-state index in [1.807, 2.05) is 55.5 Å². The van der Waals surface area contributed by atoms with E-state index in [1.165, 1.54) is 16.2 Å². The molecule has 2 bridgehead atoms. The number of aryl methyl sites for hydroxylation is 1. The van der Waals surface area contributed by atoms with Gasteiger partial charge in [0.15, 0.2) is 0 Å². The van der Waals surface area contributed by atoms with Gasteiger partial charge in [-0.2, -0.15) is 0 Å². The van der Waals surface area contributed by atoms with Gasteiger partial charge in [0.05, 0.1) is 16.9 Å². The number of nitrogens with one attached hydrogen (secondary N) is 2. The number of nitrogens with zero attached hydrogens (tertiary/aromatic N) is 1.